The molecule has 6 nitrogen and oxygen atoms in total. The molecule has 0 saturated heterocycles. The molecular formula is C19H24N4O2. The normalized spacial score (nSPS) is 13.5. The summed E-state index contributed by atoms with van der Waals surface area (Å²) in [4.78, 5) is 25.8. The van der Waals surface area contributed by atoms with Gasteiger partial charge in [-0.1, -0.05) is 30.3 Å². The van der Waals surface area contributed by atoms with Gasteiger partial charge in [0.1, 0.15) is 5.82 Å². The van der Waals surface area contributed by atoms with Crippen molar-refractivity contribution in [3.05, 3.63) is 41.6 Å². The van der Waals surface area contributed by atoms with Gasteiger partial charge in [0.25, 0.3) is 0 Å². The molecule has 0 bridgehead atoms. The molecule has 0 atom stereocenters. The first-order valence-corrected chi connectivity index (χ1v) is 8.49. The Hall–Kier alpha value is -2.47. The summed E-state index contributed by atoms with van der Waals surface area (Å²) < 4.78 is 5.02. The fourth-order valence-corrected chi connectivity index (χ4v) is 3.06. The summed E-state index contributed by atoms with van der Waals surface area (Å²) in [6, 6.07) is 9.95. The molecule has 1 aliphatic rings. The van der Waals surface area contributed by atoms with Crippen LogP contribution >= 0.6 is 0 Å². The van der Waals surface area contributed by atoms with Crippen LogP contribution in [0.15, 0.2) is 30.3 Å². The van der Waals surface area contributed by atoms with E-state index < -0.39 is 0 Å². The SMILES string of the molecule is COCCC(=O)N1CCc2c(nc(-c3ccccc3)nc2N(C)C)C1. The molecule has 1 aliphatic heterocycles. The summed E-state index contributed by atoms with van der Waals surface area (Å²) in [5.41, 5.74) is 3.06. The van der Waals surface area contributed by atoms with Crippen molar-refractivity contribution in [2.75, 3.05) is 39.3 Å². The largest absolute Gasteiger partial charge is 0.384 e. The smallest absolute Gasteiger partial charge is 0.225 e. The molecule has 1 aromatic carbocycles. The molecule has 0 aliphatic carbocycles. The number of rotatable bonds is 5. The van der Waals surface area contributed by atoms with Gasteiger partial charge in [-0.15, -0.1) is 0 Å². The Balaban J connectivity index is 1.94. The van der Waals surface area contributed by atoms with Crippen LogP contribution in [0.5, 0.6) is 0 Å². The number of anilines is 1. The molecular weight excluding hydrogens is 316 g/mol. The van der Waals surface area contributed by atoms with E-state index in [0.717, 1.165) is 29.1 Å². The van der Waals surface area contributed by atoms with Crippen LogP contribution in [0, 0.1) is 0 Å². The lowest BCUT2D eigenvalue weighted by Crippen LogP contribution is -2.37. The summed E-state index contributed by atoms with van der Waals surface area (Å²) >= 11 is 0. The second-order valence-electron chi connectivity index (χ2n) is 6.36. The molecule has 3 rings (SSSR count). The van der Waals surface area contributed by atoms with Gasteiger partial charge in [-0.3, -0.25) is 4.79 Å². The molecule has 1 aromatic heterocycles. The van der Waals surface area contributed by atoms with Crippen molar-refractivity contribution in [2.45, 2.75) is 19.4 Å². The molecule has 25 heavy (non-hydrogen) atoms. The standard InChI is InChI=1S/C19H24N4O2/c1-22(2)19-15-9-11-23(17(24)10-12-25-3)13-16(15)20-18(21-19)14-7-5-4-6-8-14/h4-8H,9-13H2,1-3H3. The number of carbonyl (C=O) groups is 1. The van der Waals surface area contributed by atoms with E-state index in [9.17, 15) is 4.79 Å². The molecule has 6 heteroatoms. The van der Waals surface area contributed by atoms with Crippen LogP contribution in [0.2, 0.25) is 0 Å². The minimum Gasteiger partial charge on any atom is -0.384 e. The number of hydrogen-bond donors (Lipinski definition) is 0. The van der Waals surface area contributed by atoms with Crippen molar-refractivity contribution in [2.24, 2.45) is 0 Å². The number of amides is 1. The van der Waals surface area contributed by atoms with Crippen LogP contribution in [-0.4, -0.2) is 55.1 Å². The van der Waals surface area contributed by atoms with Crippen molar-refractivity contribution in [1.29, 1.82) is 0 Å². The van der Waals surface area contributed by atoms with Crippen molar-refractivity contribution in [3.63, 3.8) is 0 Å². The minimum atomic E-state index is 0.110. The number of hydrogen-bond acceptors (Lipinski definition) is 5. The van der Waals surface area contributed by atoms with Crippen molar-refractivity contribution in [3.8, 4) is 11.4 Å². The van der Waals surface area contributed by atoms with Crippen LogP contribution in [0.1, 0.15) is 17.7 Å². The number of ether oxygens (including phenoxy) is 1. The number of fused-ring (bicyclic) bond motifs is 1. The maximum absolute atomic E-state index is 12.3. The summed E-state index contributed by atoms with van der Waals surface area (Å²) in [5, 5.41) is 0. The van der Waals surface area contributed by atoms with E-state index >= 15 is 0 Å². The van der Waals surface area contributed by atoms with Gasteiger partial charge in [0, 0.05) is 38.9 Å². The highest BCUT2D eigenvalue weighted by Crippen LogP contribution is 2.28. The molecule has 0 fully saturated rings. The Kier molecular flexibility index (Phi) is 5.28. The molecule has 0 unspecified atom stereocenters. The Bertz CT molecular complexity index is 747. The maximum atomic E-state index is 12.3. The highest BCUT2D eigenvalue weighted by molar-refractivity contribution is 5.77. The number of aromatic nitrogens is 2. The van der Waals surface area contributed by atoms with Gasteiger partial charge >= 0.3 is 0 Å². The zero-order valence-corrected chi connectivity index (χ0v) is 15.0. The first kappa shape index (κ1) is 17.4. The Morgan fingerprint density at radius 2 is 2.00 bits per heavy atom. The Morgan fingerprint density at radius 1 is 1.24 bits per heavy atom. The third-order valence-corrected chi connectivity index (χ3v) is 4.37. The zero-order valence-electron chi connectivity index (χ0n) is 15.0. The Morgan fingerprint density at radius 3 is 2.68 bits per heavy atom. The number of nitrogens with zero attached hydrogens (tertiary/aromatic N) is 4. The van der Waals surface area contributed by atoms with E-state index in [2.05, 4.69) is 0 Å². The van der Waals surface area contributed by atoms with Gasteiger partial charge in [0.2, 0.25) is 5.91 Å². The van der Waals surface area contributed by atoms with Crippen LogP contribution in [0.25, 0.3) is 11.4 Å². The van der Waals surface area contributed by atoms with E-state index in [1.165, 1.54) is 0 Å². The number of methoxy groups -OCH3 is 1. The molecule has 2 heterocycles. The second-order valence-corrected chi connectivity index (χ2v) is 6.36. The third kappa shape index (κ3) is 3.79. The van der Waals surface area contributed by atoms with Gasteiger partial charge in [-0.05, 0) is 6.42 Å². The molecule has 132 valence electrons. The van der Waals surface area contributed by atoms with Crippen LogP contribution in [-0.2, 0) is 22.5 Å². The van der Waals surface area contributed by atoms with Gasteiger partial charge in [-0.2, -0.15) is 0 Å². The molecule has 0 N–H and O–H groups in total. The van der Waals surface area contributed by atoms with Crippen LogP contribution in [0.3, 0.4) is 0 Å². The van der Waals surface area contributed by atoms with E-state index in [1.807, 2.05) is 54.2 Å². The quantitative estimate of drug-likeness (QED) is 0.834. The van der Waals surface area contributed by atoms with Crippen molar-refractivity contribution in [1.82, 2.24) is 14.9 Å². The maximum Gasteiger partial charge on any atom is 0.225 e. The number of carbonyl (C=O) groups excluding carboxylic acids is 1. The van der Waals surface area contributed by atoms with Gasteiger partial charge in [-0.25, -0.2) is 9.97 Å². The fourth-order valence-electron chi connectivity index (χ4n) is 3.06. The predicted molar refractivity (Wildman–Crippen MR) is 97.4 cm³/mol. The van der Waals surface area contributed by atoms with Crippen molar-refractivity contribution < 1.29 is 9.53 Å². The third-order valence-electron chi connectivity index (χ3n) is 4.37. The van der Waals surface area contributed by atoms with Gasteiger partial charge in [0.15, 0.2) is 5.82 Å². The highest BCUT2D eigenvalue weighted by atomic mass is 16.5. The summed E-state index contributed by atoms with van der Waals surface area (Å²) in [6.07, 6.45) is 1.18. The average molecular weight is 340 g/mol. The molecule has 0 spiro atoms. The summed E-state index contributed by atoms with van der Waals surface area (Å²) in [5.74, 6) is 1.75. The van der Waals surface area contributed by atoms with E-state index in [0.29, 0.717) is 31.9 Å². The van der Waals surface area contributed by atoms with E-state index in [-0.39, 0.29) is 5.91 Å². The minimum absolute atomic E-state index is 0.110. The summed E-state index contributed by atoms with van der Waals surface area (Å²) in [7, 11) is 5.60. The molecule has 0 saturated carbocycles. The molecule has 1 amide bonds. The van der Waals surface area contributed by atoms with E-state index in [1.54, 1.807) is 7.11 Å². The Labute approximate surface area is 148 Å². The van der Waals surface area contributed by atoms with Crippen LogP contribution in [0.4, 0.5) is 5.82 Å². The lowest BCUT2D eigenvalue weighted by atomic mass is 10.0. The fraction of sp³-hybridized carbons (Fsp3) is 0.421. The first-order valence-electron chi connectivity index (χ1n) is 8.49. The first-order chi connectivity index (χ1) is 12.1. The highest BCUT2D eigenvalue weighted by Gasteiger charge is 2.26. The average Bonchev–Trinajstić information content (AvgIpc) is 2.65. The lowest BCUT2D eigenvalue weighted by molar-refractivity contribution is -0.133. The number of benzene rings is 1. The van der Waals surface area contributed by atoms with Crippen molar-refractivity contribution >= 4 is 11.7 Å². The van der Waals surface area contributed by atoms with Gasteiger partial charge < -0.3 is 14.5 Å². The zero-order chi connectivity index (χ0) is 17.8. The lowest BCUT2D eigenvalue weighted by Gasteiger charge is -2.30. The molecule has 2 aromatic rings. The predicted octanol–water partition coefficient (Wildman–Crippen LogP) is 2.13. The molecule has 0 radical (unpaired) electrons. The van der Waals surface area contributed by atoms with Crippen LogP contribution < -0.4 is 4.90 Å². The van der Waals surface area contributed by atoms with E-state index in [4.69, 9.17) is 14.7 Å². The van der Waals surface area contributed by atoms with Gasteiger partial charge in [0.05, 0.1) is 25.3 Å². The monoisotopic (exact) mass is 340 g/mol. The summed E-state index contributed by atoms with van der Waals surface area (Å²) in [6.45, 7) is 1.68. The topological polar surface area (TPSA) is 58.6 Å². The second kappa shape index (κ2) is 7.61.